The smallest absolute Gasteiger partial charge is 0.257 e. The molecule has 1 aromatic rings. The molecule has 1 aromatic carbocycles. The molecule has 16 heavy (non-hydrogen) atoms. The summed E-state index contributed by atoms with van der Waals surface area (Å²) < 4.78 is 0. The van der Waals surface area contributed by atoms with Crippen LogP contribution >= 0.6 is 23.8 Å². The first-order valence-corrected chi connectivity index (χ1v) is 5.83. The zero-order valence-electron chi connectivity index (χ0n) is 9.13. The maximum Gasteiger partial charge on any atom is 0.257 e. The van der Waals surface area contributed by atoms with Gasteiger partial charge in [0.05, 0.1) is 5.56 Å². The number of halogens is 1. The number of rotatable bonds is 2. The van der Waals surface area contributed by atoms with E-state index in [2.05, 4.69) is 5.32 Å². The van der Waals surface area contributed by atoms with Crippen LogP contribution in [0.5, 0.6) is 0 Å². The largest absolute Gasteiger partial charge is 0.312 e. The Balaban J connectivity index is 2.50. The van der Waals surface area contributed by atoms with Crippen LogP contribution in [-0.2, 0) is 6.42 Å². The van der Waals surface area contributed by atoms with Crippen molar-refractivity contribution in [3.8, 4) is 0 Å². The van der Waals surface area contributed by atoms with Crippen molar-refractivity contribution in [1.82, 2.24) is 5.32 Å². The number of nitrogens with one attached hydrogen (secondary N) is 1. The number of hydrogen-bond acceptors (Lipinski definition) is 2. The fourth-order valence-corrected chi connectivity index (χ4v) is 2.30. The Morgan fingerprint density at radius 3 is 2.75 bits per heavy atom. The molecule has 1 amide bonds. The van der Waals surface area contributed by atoms with E-state index in [1.807, 2.05) is 32.0 Å². The van der Waals surface area contributed by atoms with E-state index in [-0.39, 0.29) is 10.8 Å². The van der Waals surface area contributed by atoms with Crippen LogP contribution in [-0.4, -0.2) is 15.8 Å². The fourth-order valence-electron chi connectivity index (χ4n) is 1.89. The minimum atomic E-state index is -0.361. The van der Waals surface area contributed by atoms with Crippen molar-refractivity contribution in [3.05, 3.63) is 34.9 Å². The summed E-state index contributed by atoms with van der Waals surface area (Å²) in [6.45, 7) is 3.86. The van der Waals surface area contributed by atoms with Gasteiger partial charge >= 0.3 is 0 Å². The van der Waals surface area contributed by atoms with E-state index in [1.165, 1.54) is 0 Å². The molecular weight excluding hydrogens is 242 g/mol. The Bertz CT molecular complexity index is 476. The highest BCUT2D eigenvalue weighted by molar-refractivity contribution is 7.80. The average Bonchev–Trinajstić information content (AvgIpc) is 2.41. The molecule has 0 unspecified atom stereocenters. The monoisotopic (exact) mass is 253 g/mol. The predicted octanol–water partition coefficient (Wildman–Crippen LogP) is 2.67. The Morgan fingerprint density at radius 1 is 1.44 bits per heavy atom. The van der Waals surface area contributed by atoms with Crippen molar-refractivity contribution in [2.75, 3.05) is 0 Å². The molecule has 0 fully saturated rings. The number of carbonyl (C=O) groups excluding carboxylic acids is 1. The van der Waals surface area contributed by atoms with Crippen molar-refractivity contribution >= 4 is 34.7 Å². The lowest BCUT2D eigenvalue weighted by Gasteiger charge is -2.16. The third kappa shape index (κ3) is 2.11. The maximum absolute atomic E-state index is 11.7. The Morgan fingerprint density at radius 2 is 2.12 bits per heavy atom. The van der Waals surface area contributed by atoms with Crippen molar-refractivity contribution in [2.45, 2.75) is 25.1 Å². The summed E-state index contributed by atoms with van der Waals surface area (Å²) in [4.78, 5) is 11.9. The van der Waals surface area contributed by atoms with Gasteiger partial charge in [0.15, 0.2) is 0 Å². The SMILES string of the molecule is CC(C)(Cl)Cc1cccc2c1C(=O)NC2=S. The maximum atomic E-state index is 11.7. The summed E-state index contributed by atoms with van der Waals surface area (Å²) in [6, 6.07) is 5.69. The molecule has 1 N–H and O–H groups in total. The second-order valence-corrected chi connectivity index (χ2v) is 5.95. The number of carbonyl (C=O) groups is 1. The molecule has 0 aliphatic carbocycles. The lowest BCUT2D eigenvalue weighted by molar-refractivity contribution is 0.0983. The van der Waals surface area contributed by atoms with Gasteiger partial charge in [0.25, 0.3) is 5.91 Å². The second kappa shape index (κ2) is 3.82. The summed E-state index contributed by atoms with van der Waals surface area (Å²) in [5.41, 5.74) is 2.45. The predicted molar refractivity (Wildman–Crippen MR) is 69.2 cm³/mol. The molecule has 4 heteroatoms. The van der Waals surface area contributed by atoms with Crippen molar-refractivity contribution in [1.29, 1.82) is 0 Å². The highest BCUT2D eigenvalue weighted by atomic mass is 35.5. The number of fused-ring (bicyclic) bond motifs is 1. The molecular formula is C12H12ClNOS. The first-order chi connectivity index (χ1) is 7.38. The molecule has 1 aliphatic rings. The van der Waals surface area contributed by atoms with E-state index >= 15 is 0 Å². The number of thiocarbonyl (C=S) groups is 1. The first kappa shape index (κ1) is 11.6. The highest BCUT2D eigenvalue weighted by Crippen LogP contribution is 2.26. The fraction of sp³-hybridized carbons (Fsp3) is 0.333. The van der Waals surface area contributed by atoms with Crippen molar-refractivity contribution in [3.63, 3.8) is 0 Å². The normalized spacial score (nSPS) is 14.9. The zero-order valence-corrected chi connectivity index (χ0v) is 10.7. The Kier molecular flexibility index (Phi) is 2.76. The van der Waals surface area contributed by atoms with E-state index in [0.717, 1.165) is 11.1 Å². The van der Waals surface area contributed by atoms with Crippen LogP contribution in [0.1, 0.15) is 35.3 Å². The van der Waals surface area contributed by atoms with Crippen LogP contribution in [0.15, 0.2) is 18.2 Å². The van der Waals surface area contributed by atoms with Gasteiger partial charge in [-0.2, -0.15) is 0 Å². The lowest BCUT2D eigenvalue weighted by Crippen LogP contribution is -2.20. The molecule has 0 radical (unpaired) electrons. The Labute approximate surface area is 105 Å². The molecule has 0 aromatic heterocycles. The summed E-state index contributed by atoms with van der Waals surface area (Å²) in [7, 11) is 0. The Hall–Kier alpha value is -0.930. The van der Waals surface area contributed by atoms with Crippen molar-refractivity contribution in [2.24, 2.45) is 0 Å². The average molecular weight is 254 g/mol. The molecule has 2 nitrogen and oxygen atoms in total. The van der Waals surface area contributed by atoms with E-state index in [1.54, 1.807) is 0 Å². The summed E-state index contributed by atoms with van der Waals surface area (Å²) in [6.07, 6.45) is 0.647. The van der Waals surface area contributed by atoms with Gasteiger partial charge in [-0.1, -0.05) is 30.4 Å². The first-order valence-electron chi connectivity index (χ1n) is 5.05. The van der Waals surface area contributed by atoms with Crippen LogP contribution in [0.25, 0.3) is 0 Å². The quantitative estimate of drug-likeness (QED) is 0.649. The minimum Gasteiger partial charge on any atom is -0.312 e. The third-order valence-corrected chi connectivity index (χ3v) is 2.92. The number of benzene rings is 1. The van der Waals surface area contributed by atoms with E-state index in [9.17, 15) is 4.79 Å². The molecule has 84 valence electrons. The molecule has 1 heterocycles. The summed E-state index contributed by atoms with van der Waals surface area (Å²) >= 11 is 11.3. The van der Waals surface area contributed by atoms with E-state index < -0.39 is 0 Å². The van der Waals surface area contributed by atoms with E-state index in [0.29, 0.717) is 17.0 Å². The van der Waals surface area contributed by atoms with Gasteiger partial charge in [-0.15, -0.1) is 11.6 Å². The minimum absolute atomic E-state index is 0.114. The number of amides is 1. The van der Waals surface area contributed by atoms with Gasteiger partial charge in [0, 0.05) is 10.4 Å². The third-order valence-electron chi connectivity index (χ3n) is 2.46. The van der Waals surface area contributed by atoms with Crippen LogP contribution in [0, 0.1) is 0 Å². The lowest BCUT2D eigenvalue weighted by atomic mass is 9.95. The molecule has 0 bridgehead atoms. The van der Waals surface area contributed by atoms with Gasteiger partial charge in [-0.05, 0) is 25.8 Å². The van der Waals surface area contributed by atoms with Crippen LogP contribution in [0.4, 0.5) is 0 Å². The van der Waals surface area contributed by atoms with Gasteiger partial charge in [0.1, 0.15) is 4.99 Å². The summed E-state index contributed by atoms with van der Waals surface area (Å²) in [5, 5.41) is 2.66. The molecule has 0 spiro atoms. The highest BCUT2D eigenvalue weighted by Gasteiger charge is 2.28. The molecule has 0 saturated carbocycles. The van der Waals surface area contributed by atoms with Gasteiger partial charge in [-0.25, -0.2) is 0 Å². The standard InChI is InChI=1S/C12H12ClNOS/c1-12(2,13)6-7-4-3-5-8-9(7)10(15)14-11(8)16/h3-5H,6H2,1-2H3,(H,14,15,16). The van der Waals surface area contributed by atoms with Crippen molar-refractivity contribution < 1.29 is 4.79 Å². The van der Waals surface area contributed by atoms with Crippen LogP contribution in [0.2, 0.25) is 0 Å². The van der Waals surface area contributed by atoms with E-state index in [4.69, 9.17) is 23.8 Å². The zero-order chi connectivity index (χ0) is 11.9. The van der Waals surface area contributed by atoms with Crippen LogP contribution < -0.4 is 5.32 Å². The molecule has 2 rings (SSSR count). The van der Waals surface area contributed by atoms with Gasteiger partial charge in [0.2, 0.25) is 0 Å². The number of hydrogen-bond donors (Lipinski definition) is 1. The molecule has 1 aliphatic heterocycles. The second-order valence-electron chi connectivity index (χ2n) is 4.52. The van der Waals surface area contributed by atoms with Crippen LogP contribution in [0.3, 0.4) is 0 Å². The topological polar surface area (TPSA) is 29.1 Å². The summed E-state index contributed by atoms with van der Waals surface area (Å²) in [5.74, 6) is -0.114. The van der Waals surface area contributed by atoms with Gasteiger partial charge in [-0.3, -0.25) is 4.79 Å². The molecule has 0 atom stereocenters. The van der Waals surface area contributed by atoms with Gasteiger partial charge < -0.3 is 5.32 Å². The number of alkyl halides is 1. The molecule has 0 saturated heterocycles.